The number of hydrogen-bond acceptors (Lipinski definition) is 2. The van der Waals surface area contributed by atoms with Crippen LogP contribution in [-0.4, -0.2) is 16.9 Å². The topological polar surface area (TPSA) is 36.4 Å². The maximum Gasteiger partial charge on any atom is 0.187 e. The Morgan fingerprint density at radius 1 is 1.19 bits per heavy atom. The normalized spacial score (nSPS) is 16.6. The van der Waals surface area contributed by atoms with Crippen LogP contribution in [0.5, 0.6) is 0 Å². The van der Waals surface area contributed by atoms with E-state index >= 15 is 0 Å². The summed E-state index contributed by atoms with van der Waals surface area (Å²) in [5.41, 5.74) is 4.62. The van der Waals surface area contributed by atoms with Crippen LogP contribution in [0.15, 0.2) is 23.3 Å². The molecule has 3 nitrogen and oxygen atoms in total. The monoisotopic (exact) mass is 343 g/mol. The number of rotatable bonds is 3. The fraction of sp³-hybridized carbons (Fsp3) is 0.467. The third kappa shape index (κ3) is 5.13. The summed E-state index contributed by atoms with van der Waals surface area (Å²) in [6.07, 6.45) is 6.22. The molecular weight excluding hydrogens is 325 g/mol. The standard InChI is InChI=1S/C15H19Cl2N3S/c1-10(11-7-8-13(16)14(17)9-11)19-20-15(21)18-12-5-3-2-4-6-12/h7-9,12H,2-6H2,1H3,(H2,18,20,21). The SMILES string of the molecule is CC(=NNC(=S)NC1CCCCC1)c1ccc(Cl)c(Cl)c1. The minimum atomic E-state index is 0.472. The predicted octanol–water partition coefficient (Wildman–Crippen LogP) is 4.51. The Balaban J connectivity index is 1.89. The molecule has 0 saturated heterocycles. The minimum absolute atomic E-state index is 0.472. The molecule has 21 heavy (non-hydrogen) atoms. The molecule has 1 aromatic rings. The fourth-order valence-electron chi connectivity index (χ4n) is 2.38. The Kier molecular flexibility index (Phi) is 6.27. The molecule has 1 aliphatic carbocycles. The first-order valence-corrected chi connectivity index (χ1v) is 8.29. The number of benzene rings is 1. The van der Waals surface area contributed by atoms with Crippen molar-refractivity contribution >= 4 is 46.2 Å². The molecule has 1 aliphatic rings. The molecule has 0 aromatic heterocycles. The molecule has 1 fully saturated rings. The van der Waals surface area contributed by atoms with E-state index in [2.05, 4.69) is 15.8 Å². The zero-order valence-corrected chi connectivity index (χ0v) is 14.3. The number of nitrogens with zero attached hydrogens (tertiary/aromatic N) is 1. The van der Waals surface area contributed by atoms with Gasteiger partial charge in [0.15, 0.2) is 5.11 Å². The highest BCUT2D eigenvalue weighted by molar-refractivity contribution is 7.80. The number of thiocarbonyl (C=S) groups is 1. The van der Waals surface area contributed by atoms with Crippen LogP contribution < -0.4 is 10.7 Å². The zero-order chi connectivity index (χ0) is 15.2. The second kappa shape index (κ2) is 7.97. The van der Waals surface area contributed by atoms with E-state index in [0.717, 1.165) is 11.3 Å². The van der Waals surface area contributed by atoms with Gasteiger partial charge in [0.25, 0.3) is 0 Å². The van der Waals surface area contributed by atoms with Crippen LogP contribution in [0.1, 0.15) is 44.6 Å². The van der Waals surface area contributed by atoms with Crippen molar-refractivity contribution in [1.82, 2.24) is 10.7 Å². The lowest BCUT2D eigenvalue weighted by Gasteiger charge is -2.23. The quantitative estimate of drug-likeness (QED) is 0.481. The van der Waals surface area contributed by atoms with Gasteiger partial charge in [-0.1, -0.05) is 48.5 Å². The van der Waals surface area contributed by atoms with Crippen LogP contribution in [0, 0.1) is 0 Å². The predicted molar refractivity (Wildman–Crippen MR) is 94.4 cm³/mol. The van der Waals surface area contributed by atoms with Crippen molar-refractivity contribution in [1.29, 1.82) is 0 Å². The van der Waals surface area contributed by atoms with E-state index in [-0.39, 0.29) is 0 Å². The summed E-state index contributed by atoms with van der Waals surface area (Å²) in [6, 6.07) is 5.91. The Morgan fingerprint density at radius 2 is 1.90 bits per heavy atom. The van der Waals surface area contributed by atoms with Crippen molar-refractivity contribution in [3.8, 4) is 0 Å². The van der Waals surface area contributed by atoms with E-state index < -0.39 is 0 Å². The number of halogens is 2. The number of nitrogens with one attached hydrogen (secondary N) is 2. The second-order valence-electron chi connectivity index (χ2n) is 5.25. The molecule has 6 heteroatoms. The van der Waals surface area contributed by atoms with Gasteiger partial charge in [-0.15, -0.1) is 0 Å². The van der Waals surface area contributed by atoms with Gasteiger partial charge in [-0.05, 0) is 49.7 Å². The highest BCUT2D eigenvalue weighted by Crippen LogP contribution is 2.22. The van der Waals surface area contributed by atoms with Crippen LogP contribution in [0.2, 0.25) is 10.0 Å². The Hall–Kier alpha value is -0.840. The van der Waals surface area contributed by atoms with Crippen LogP contribution >= 0.6 is 35.4 Å². The van der Waals surface area contributed by atoms with Crippen LogP contribution in [0.4, 0.5) is 0 Å². The third-order valence-corrected chi connectivity index (χ3v) is 4.55. The fourth-order valence-corrected chi connectivity index (χ4v) is 2.90. The minimum Gasteiger partial charge on any atom is -0.359 e. The first-order chi connectivity index (χ1) is 10.1. The van der Waals surface area contributed by atoms with Gasteiger partial charge in [-0.25, -0.2) is 0 Å². The molecule has 0 bridgehead atoms. The van der Waals surface area contributed by atoms with Crippen molar-refractivity contribution in [2.45, 2.75) is 45.1 Å². The van der Waals surface area contributed by atoms with E-state index in [9.17, 15) is 0 Å². The van der Waals surface area contributed by atoms with Gasteiger partial charge in [0.2, 0.25) is 0 Å². The second-order valence-corrected chi connectivity index (χ2v) is 6.47. The molecule has 114 valence electrons. The van der Waals surface area contributed by atoms with Gasteiger partial charge in [-0.2, -0.15) is 5.10 Å². The lowest BCUT2D eigenvalue weighted by Crippen LogP contribution is -2.41. The lowest BCUT2D eigenvalue weighted by molar-refractivity contribution is 0.412. The summed E-state index contributed by atoms with van der Waals surface area (Å²) in [4.78, 5) is 0. The van der Waals surface area contributed by atoms with Gasteiger partial charge in [0, 0.05) is 6.04 Å². The van der Waals surface area contributed by atoms with Crippen LogP contribution in [0.3, 0.4) is 0 Å². The molecule has 1 aromatic carbocycles. The highest BCUT2D eigenvalue weighted by atomic mass is 35.5. The van der Waals surface area contributed by atoms with Crippen molar-refractivity contribution in [3.05, 3.63) is 33.8 Å². The molecule has 0 spiro atoms. The smallest absolute Gasteiger partial charge is 0.187 e. The maximum absolute atomic E-state index is 6.00. The summed E-state index contributed by atoms with van der Waals surface area (Å²) in [5.74, 6) is 0. The largest absolute Gasteiger partial charge is 0.359 e. The summed E-state index contributed by atoms with van der Waals surface area (Å²) < 4.78 is 0. The molecule has 2 rings (SSSR count). The van der Waals surface area contributed by atoms with E-state index in [4.69, 9.17) is 35.4 Å². The highest BCUT2D eigenvalue weighted by Gasteiger charge is 2.13. The van der Waals surface area contributed by atoms with Gasteiger partial charge < -0.3 is 5.32 Å². The van der Waals surface area contributed by atoms with Crippen LogP contribution in [-0.2, 0) is 0 Å². The zero-order valence-electron chi connectivity index (χ0n) is 12.0. The maximum atomic E-state index is 6.00. The number of hydrazone groups is 1. The van der Waals surface area contributed by atoms with E-state index in [0.29, 0.717) is 21.2 Å². The first kappa shape index (κ1) is 16.5. The van der Waals surface area contributed by atoms with E-state index in [1.54, 1.807) is 12.1 Å². The average molecular weight is 344 g/mol. The summed E-state index contributed by atoms with van der Waals surface area (Å²) in [5, 5.41) is 9.23. The van der Waals surface area contributed by atoms with E-state index in [1.165, 1.54) is 32.1 Å². The van der Waals surface area contributed by atoms with Gasteiger partial charge in [0.05, 0.1) is 15.8 Å². The molecule has 0 amide bonds. The molecular formula is C15H19Cl2N3S. The van der Waals surface area contributed by atoms with Crippen LogP contribution in [0.25, 0.3) is 0 Å². The number of hydrogen-bond donors (Lipinski definition) is 2. The van der Waals surface area contributed by atoms with Gasteiger partial charge in [0.1, 0.15) is 0 Å². The van der Waals surface area contributed by atoms with Crippen molar-refractivity contribution < 1.29 is 0 Å². The Labute approximate surface area is 141 Å². The summed E-state index contributed by atoms with van der Waals surface area (Å²) in [7, 11) is 0. The molecule has 0 aliphatic heterocycles. The Morgan fingerprint density at radius 3 is 2.57 bits per heavy atom. The Bertz CT molecular complexity index is 540. The third-order valence-electron chi connectivity index (χ3n) is 3.60. The molecule has 0 heterocycles. The average Bonchev–Trinajstić information content (AvgIpc) is 2.48. The molecule has 0 atom stereocenters. The first-order valence-electron chi connectivity index (χ1n) is 7.12. The van der Waals surface area contributed by atoms with Gasteiger partial charge in [-0.3, -0.25) is 5.43 Å². The summed E-state index contributed by atoms with van der Waals surface area (Å²) >= 11 is 17.2. The summed E-state index contributed by atoms with van der Waals surface area (Å²) in [6.45, 7) is 1.90. The van der Waals surface area contributed by atoms with Crippen molar-refractivity contribution in [2.75, 3.05) is 0 Å². The molecule has 0 unspecified atom stereocenters. The lowest BCUT2D eigenvalue weighted by atomic mass is 9.96. The molecule has 0 radical (unpaired) electrons. The van der Waals surface area contributed by atoms with Crippen molar-refractivity contribution in [3.63, 3.8) is 0 Å². The van der Waals surface area contributed by atoms with Gasteiger partial charge >= 0.3 is 0 Å². The van der Waals surface area contributed by atoms with E-state index in [1.807, 2.05) is 13.0 Å². The van der Waals surface area contributed by atoms with Crippen molar-refractivity contribution in [2.24, 2.45) is 5.10 Å². The molecule has 1 saturated carbocycles. The molecule has 2 N–H and O–H groups in total.